The van der Waals surface area contributed by atoms with Crippen molar-refractivity contribution in [2.45, 2.75) is 24.9 Å². The molecule has 158 valence electrons. The first-order valence-corrected chi connectivity index (χ1v) is 9.13. The van der Waals surface area contributed by atoms with Crippen LogP contribution in [0.15, 0.2) is 48.5 Å². The molecule has 0 aromatic heterocycles. The van der Waals surface area contributed by atoms with Gasteiger partial charge in [0.1, 0.15) is 0 Å². The molecule has 2 atom stereocenters. The van der Waals surface area contributed by atoms with Gasteiger partial charge in [-0.3, -0.25) is 0 Å². The van der Waals surface area contributed by atoms with Gasteiger partial charge in [-0.15, -0.1) is 0 Å². The molecule has 8 heteroatoms. The van der Waals surface area contributed by atoms with Crippen molar-refractivity contribution in [2.75, 3.05) is 26.7 Å². The average Bonchev–Trinajstić information content (AvgIpc) is 3.01. The van der Waals surface area contributed by atoms with Crippen molar-refractivity contribution in [3.8, 4) is 0 Å². The molecule has 1 saturated heterocycles. The highest BCUT2D eigenvalue weighted by molar-refractivity contribution is 5.33. The van der Waals surface area contributed by atoms with Gasteiger partial charge in [-0.25, -0.2) is 0 Å². The smallest absolute Gasteiger partial charge is 0.376 e. The number of benzene rings is 2. The van der Waals surface area contributed by atoms with Crippen LogP contribution in [-0.4, -0.2) is 31.6 Å². The highest BCUT2D eigenvalue weighted by Gasteiger charge is 2.37. The van der Waals surface area contributed by atoms with Crippen LogP contribution in [-0.2, 0) is 23.7 Å². The summed E-state index contributed by atoms with van der Waals surface area (Å²) in [6.07, 6.45) is -9.72. The van der Waals surface area contributed by atoms with E-state index in [2.05, 4.69) is 4.90 Å². The molecule has 0 amide bonds. The number of nitrogens with zero attached hydrogens (tertiary/aromatic N) is 1. The minimum atomic E-state index is -4.86. The lowest BCUT2D eigenvalue weighted by molar-refractivity contribution is -0.143. The summed E-state index contributed by atoms with van der Waals surface area (Å²) >= 11 is 0. The maximum absolute atomic E-state index is 13.0. The SMILES string of the molecule is CN1CC(COCc2cc(C(F)(F)F)cc(C(F)(F)F)c2)C(c2ccccc2)C1. The molecule has 0 saturated carbocycles. The fourth-order valence-electron chi connectivity index (χ4n) is 3.76. The van der Waals surface area contributed by atoms with Gasteiger partial charge in [0.05, 0.1) is 24.3 Å². The molecule has 0 bridgehead atoms. The molecule has 2 nitrogen and oxygen atoms in total. The molecule has 0 aliphatic carbocycles. The quantitative estimate of drug-likeness (QED) is 0.589. The van der Waals surface area contributed by atoms with E-state index in [-0.39, 0.29) is 36.7 Å². The summed E-state index contributed by atoms with van der Waals surface area (Å²) in [5.41, 5.74) is -1.65. The lowest BCUT2D eigenvalue weighted by atomic mass is 9.89. The van der Waals surface area contributed by atoms with Crippen LogP contribution in [0.4, 0.5) is 26.3 Å². The molecule has 0 spiro atoms. The zero-order chi connectivity index (χ0) is 21.2. The third kappa shape index (κ3) is 5.51. The molecule has 2 unspecified atom stereocenters. The van der Waals surface area contributed by atoms with Crippen molar-refractivity contribution >= 4 is 0 Å². The summed E-state index contributed by atoms with van der Waals surface area (Å²) in [6.45, 7) is 1.51. The molecule has 29 heavy (non-hydrogen) atoms. The van der Waals surface area contributed by atoms with Crippen LogP contribution in [0, 0.1) is 5.92 Å². The lowest BCUT2D eigenvalue weighted by Crippen LogP contribution is -2.18. The number of alkyl halides is 6. The van der Waals surface area contributed by atoms with Crippen molar-refractivity contribution in [2.24, 2.45) is 5.92 Å². The lowest BCUT2D eigenvalue weighted by Gasteiger charge is -2.19. The van der Waals surface area contributed by atoms with Crippen LogP contribution in [0.1, 0.15) is 28.2 Å². The van der Waals surface area contributed by atoms with Crippen molar-refractivity contribution < 1.29 is 31.1 Å². The molecule has 1 aliphatic heterocycles. The van der Waals surface area contributed by atoms with Crippen LogP contribution in [0.5, 0.6) is 0 Å². The molecule has 2 aromatic rings. The van der Waals surface area contributed by atoms with E-state index < -0.39 is 23.5 Å². The maximum Gasteiger partial charge on any atom is 0.416 e. The molecular formula is C21H21F6NO. The van der Waals surface area contributed by atoms with Crippen LogP contribution < -0.4 is 0 Å². The molecule has 0 radical (unpaired) electrons. The van der Waals surface area contributed by atoms with Crippen LogP contribution in [0.2, 0.25) is 0 Å². The first kappa shape index (κ1) is 21.6. The van der Waals surface area contributed by atoms with Gasteiger partial charge in [0.15, 0.2) is 0 Å². The zero-order valence-corrected chi connectivity index (χ0v) is 15.7. The van der Waals surface area contributed by atoms with E-state index in [4.69, 9.17) is 4.74 Å². The Morgan fingerprint density at radius 3 is 2.03 bits per heavy atom. The highest BCUT2D eigenvalue weighted by Crippen LogP contribution is 2.37. The molecule has 1 aliphatic rings. The minimum absolute atomic E-state index is 0.107. The number of likely N-dealkylation sites (N-methyl/N-ethyl adjacent to an activating group) is 1. The van der Waals surface area contributed by atoms with Gasteiger partial charge in [-0.2, -0.15) is 26.3 Å². The van der Waals surface area contributed by atoms with E-state index in [0.717, 1.165) is 18.7 Å². The summed E-state index contributed by atoms with van der Waals surface area (Å²) in [4.78, 5) is 2.14. The van der Waals surface area contributed by atoms with Crippen molar-refractivity contribution in [1.29, 1.82) is 0 Å². The van der Waals surface area contributed by atoms with E-state index >= 15 is 0 Å². The van der Waals surface area contributed by atoms with Crippen LogP contribution in [0.3, 0.4) is 0 Å². The average molecular weight is 417 g/mol. The van der Waals surface area contributed by atoms with Crippen LogP contribution >= 0.6 is 0 Å². The Hall–Kier alpha value is -2.06. The second-order valence-corrected chi connectivity index (χ2v) is 7.43. The van der Waals surface area contributed by atoms with E-state index in [9.17, 15) is 26.3 Å². The molecule has 2 aromatic carbocycles. The fraction of sp³-hybridized carbons (Fsp3) is 0.429. The Balaban J connectivity index is 1.71. The van der Waals surface area contributed by atoms with Gasteiger partial charge in [-0.1, -0.05) is 30.3 Å². The first-order valence-electron chi connectivity index (χ1n) is 9.13. The Bertz CT molecular complexity index is 786. The standard InChI is InChI=1S/C21H21F6NO/c1-28-10-16(19(11-28)15-5-3-2-4-6-15)13-29-12-14-7-17(20(22,23)24)9-18(8-14)21(25,26)27/h2-9,16,19H,10-13H2,1H3. The summed E-state index contributed by atoms with van der Waals surface area (Å²) in [5, 5.41) is 0. The van der Waals surface area contributed by atoms with Crippen LogP contribution in [0.25, 0.3) is 0 Å². The number of rotatable bonds is 5. The normalized spacial score (nSPS) is 20.9. The van der Waals surface area contributed by atoms with Gasteiger partial charge in [-0.05, 0) is 36.4 Å². The third-order valence-corrected chi connectivity index (χ3v) is 5.10. The first-order chi connectivity index (χ1) is 13.5. The summed E-state index contributed by atoms with van der Waals surface area (Å²) in [6, 6.07) is 11.4. The van der Waals surface area contributed by atoms with Gasteiger partial charge >= 0.3 is 12.4 Å². The Morgan fingerprint density at radius 1 is 0.897 bits per heavy atom. The number of hydrogen-bond donors (Lipinski definition) is 0. The fourth-order valence-corrected chi connectivity index (χ4v) is 3.76. The van der Waals surface area contributed by atoms with Gasteiger partial charge < -0.3 is 9.64 Å². The number of likely N-dealkylation sites (tertiary alicyclic amines) is 1. The van der Waals surface area contributed by atoms with Gasteiger partial charge in [0.25, 0.3) is 0 Å². The molecule has 1 heterocycles. The zero-order valence-electron chi connectivity index (χ0n) is 15.7. The summed E-state index contributed by atoms with van der Waals surface area (Å²) in [7, 11) is 1.97. The topological polar surface area (TPSA) is 12.5 Å². The van der Waals surface area contributed by atoms with E-state index in [1.807, 2.05) is 37.4 Å². The highest BCUT2D eigenvalue weighted by atomic mass is 19.4. The third-order valence-electron chi connectivity index (χ3n) is 5.10. The molecular weight excluding hydrogens is 396 g/mol. The second-order valence-electron chi connectivity index (χ2n) is 7.43. The predicted molar refractivity (Wildman–Crippen MR) is 96.3 cm³/mol. The monoisotopic (exact) mass is 417 g/mol. The number of ether oxygens (including phenoxy) is 1. The Labute approximate surface area is 165 Å². The minimum Gasteiger partial charge on any atom is -0.376 e. The van der Waals surface area contributed by atoms with E-state index in [1.165, 1.54) is 0 Å². The summed E-state index contributed by atoms with van der Waals surface area (Å²) < 4.78 is 83.4. The Kier molecular flexibility index (Phi) is 6.24. The summed E-state index contributed by atoms with van der Waals surface area (Å²) in [5.74, 6) is 0.309. The molecule has 1 fully saturated rings. The van der Waals surface area contributed by atoms with Gasteiger partial charge in [0.2, 0.25) is 0 Å². The van der Waals surface area contributed by atoms with Crippen molar-refractivity contribution in [3.63, 3.8) is 0 Å². The molecule has 3 rings (SSSR count). The second kappa shape index (κ2) is 8.36. The van der Waals surface area contributed by atoms with E-state index in [0.29, 0.717) is 12.1 Å². The number of halogens is 6. The predicted octanol–water partition coefficient (Wildman–Crippen LogP) is 5.59. The number of hydrogen-bond acceptors (Lipinski definition) is 2. The Morgan fingerprint density at radius 2 is 1.48 bits per heavy atom. The van der Waals surface area contributed by atoms with Crippen molar-refractivity contribution in [3.05, 3.63) is 70.8 Å². The van der Waals surface area contributed by atoms with E-state index in [1.54, 1.807) is 0 Å². The largest absolute Gasteiger partial charge is 0.416 e. The van der Waals surface area contributed by atoms with Gasteiger partial charge in [0, 0.05) is 24.9 Å². The maximum atomic E-state index is 13.0. The van der Waals surface area contributed by atoms with Crippen molar-refractivity contribution in [1.82, 2.24) is 4.90 Å². The molecule has 0 N–H and O–H groups in total.